The number of nitrogens with one attached hydrogen (secondary N) is 4. The van der Waals surface area contributed by atoms with E-state index in [1.165, 1.54) is 12.3 Å². The number of carbonyl (C=O) groups is 3. The first-order valence-corrected chi connectivity index (χ1v) is 10.4. The number of likely N-dealkylation sites (tertiary alicyclic amines) is 1. The van der Waals surface area contributed by atoms with E-state index in [4.69, 9.17) is 5.26 Å². The molecule has 11 nitrogen and oxygen atoms in total. The molecule has 1 fully saturated rings. The Morgan fingerprint density at radius 1 is 1.41 bits per heavy atom. The van der Waals surface area contributed by atoms with Gasteiger partial charge in [0.2, 0.25) is 5.91 Å². The maximum atomic E-state index is 12.7. The molecular formula is C21H26N8O3. The molecular weight excluding hydrogens is 412 g/mol. The van der Waals surface area contributed by atoms with Crippen molar-refractivity contribution in [1.29, 1.82) is 5.26 Å². The number of rotatable bonds is 10. The van der Waals surface area contributed by atoms with Gasteiger partial charge in [-0.3, -0.25) is 9.59 Å². The molecule has 4 N–H and O–H groups in total. The molecule has 2 aromatic heterocycles. The zero-order valence-electron chi connectivity index (χ0n) is 17.6. The largest absolute Gasteiger partial charge is 0.366 e. The predicted molar refractivity (Wildman–Crippen MR) is 118 cm³/mol. The fourth-order valence-electron chi connectivity index (χ4n) is 3.50. The third kappa shape index (κ3) is 5.67. The van der Waals surface area contributed by atoms with E-state index in [0.29, 0.717) is 49.3 Å². The molecule has 0 unspecified atom stereocenters. The summed E-state index contributed by atoms with van der Waals surface area (Å²) in [5.41, 5.74) is 1.14. The van der Waals surface area contributed by atoms with Crippen molar-refractivity contribution in [3.05, 3.63) is 30.6 Å². The predicted octanol–water partition coefficient (Wildman–Crippen LogP) is 0.347. The maximum absolute atomic E-state index is 12.7. The lowest BCUT2D eigenvalue weighted by Gasteiger charge is -2.31. The second-order valence-electron chi connectivity index (χ2n) is 7.43. The minimum atomic E-state index is -0.733. The topological polar surface area (TPSA) is 156 Å². The molecule has 2 amide bonds. The molecule has 1 aliphatic heterocycles. The Hall–Kier alpha value is -3.78. The Morgan fingerprint density at radius 2 is 2.19 bits per heavy atom. The van der Waals surface area contributed by atoms with Crippen LogP contribution in [-0.2, 0) is 9.59 Å². The fourth-order valence-corrected chi connectivity index (χ4v) is 3.50. The number of piperidine rings is 1. The first kappa shape index (κ1) is 22.9. The van der Waals surface area contributed by atoms with Gasteiger partial charge in [0.15, 0.2) is 5.65 Å². The van der Waals surface area contributed by atoms with Crippen LogP contribution in [-0.4, -0.2) is 76.2 Å². The molecule has 0 spiro atoms. The maximum Gasteiger partial charge on any atom is 0.255 e. The third-order valence-electron chi connectivity index (χ3n) is 5.22. The average molecular weight is 438 g/mol. The lowest BCUT2D eigenvalue weighted by Crippen LogP contribution is -2.43. The summed E-state index contributed by atoms with van der Waals surface area (Å²) in [6, 6.07) is 1.40. The first-order valence-electron chi connectivity index (χ1n) is 10.4. The summed E-state index contributed by atoms with van der Waals surface area (Å²) in [6.07, 6.45) is 6.91. The van der Waals surface area contributed by atoms with Gasteiger partial charge in [-0.2, -0.15) is 5.26 Å². The molecule has 1 aliphatic rings. The second-order valence-corrected chi connectivity index (χ2v) is 7.43. The Bertz CT molecular complexity index is 1020. The molecule has 0 radical (unpaired) electrons. The number of hydrogen-bond donors (Lipinski definition) is 4. The van der Waals surface area contributed by atoms with Crippen LogP contribution in [0.15, 0.2) is 25.0 Å². The van der Waals surface area contributed by atoms with Crippen molar-refractivity contribution in [2.45, 2.75) is 31.3 Å². The van der Waals surface area contributed by atoms with Crippen LogP contribution >= 0.6 is 0 Å². The SMILES string of the molecule is C=CC(=O)N1CCC(Nc2cnc3[nH]cc(C(=O)N[C@H](C=O)CNCCC#N)c3n2)CC1. The summed E-state index contributed by atoms with van der Waals surface area (Å²) in [5, 5.41) is 17.5. The van der Waals surface area contributed by atoms with Crippen LogP contribution < -0.4 is 16.0 Å². The fraction of sp³-hybridized carbons (Fsp3) is 0.429. The molecule has 32 heavy (non-hydrogen) atoms. The number of anilines is 1. The standard InChI is InChI=1S/C21H26N8O3/c1-2-18(31)29-8-4-14(5-9-29)26-17-12-25-20-19(28-17)16(11-24-20)21(32)27-15(13-30)10-23-7-3-6-22/h2,11-15,23H,1,3-5,7-10H2,(H,24,25)(H,26,28)(H,27,32)/t15-/m0/s1. The zero-order valence-corrected chi connectivity index (χ0v) is 17.6. The quantitative estimate of drug-likeness (QED) is 0.235. The minimum absolute atomic E-state index is 0.0680. The molecule has 0 bridgehead atoms. The third-order valence-corrected chi connectivity index (χ3v) is 5.22. The number of aldehydes is 1. The monoisotopic (exact) mass is 438 g/mol. The highest BCUT2D eigenvalue weighted by molar-refractivity contribution is 6.05. The van der Waals surface area contributed by atoms with Crippen LogP contribution in [0.25, 0.3) is 11.2 Å². The van der Waals surface area contributed by atoms with Crippen LogP contribution in [0.2, 0.25) is 0 Å². The number of H-pyrrole nitrogens is 1. The van der Waals surface area contributed by atoms with Gasteiger partial charge in [-0.1, -0.05) is 6.58 Å². The van der Waals surface area contributed by atoms with E-state index < -0.39 is 11.9 Å². The molecule has 3 heterocycles. The second kappa shape index (κ2) is 11.0. The molecule has 0 saturated carbocycles. The normalized spacial score (nSPS) is 15.0. The Labute approximate surface area is 185 Å². The van der Waals surface area contributed by atoms with Crippen molar-refractivity contribution in [2.75, 3.05) is 31.5 Å². The summed E-state index contributed by atoms with van der Waals surface area (Å²) in [4.78, 5) is 49.3. The van der Waals surface area contributed by atoms with E-state index in [1.54, 1.807) is 11.1 Å². The molecule has 0 aliphatic carbocycles. The van der Waals surface area contributed by atoms with Gasteiger partial charge in [0, 0.05) is 44.8 Å². The lowest BCUT2D eigenvalue weighted by molar-refractivity contribution is -0.126. The van der Waals surface area contributed by atoms with Gasteiger partial charge >= 0.3 is 0 Å². The highest BCUT2D eigenvalue weighted by atomic mass is 16.2. The van der Waals surface area contributed by atoms with Crippen LogP contribution in [0.3, 0.4) is 0 Å². The van der Waals surface area contributed by atoms with E-state index in [-0.39, 0.29) is 24.1 Å². The minimum Gasteiger partial charge on any atom is -0.366 e. The molecule has 1 atom stereocenters. The number of aromatic amines is 1. The average Bonchev–Trinajstić information content (AvgIpc) is 3.24. The Morgan fingerprint density at radius 3 is 2.88 bits per heavy atom. The van der Waals surface area contributed by atoms with Gasteiger partial charge in [0.1, 0.15) is 17.6 Å². The van der Waals surface area contributed by atoms with Crippen molar-refractivity contribution >= 4 is 35.1 Å². The van der Waals surface area contributed by atoms with E-state index in [0.717, 1.165) is 12.8 Å². The lowest BCUT2D eigenvalue weighted by atomic mass is 10.1. The van der Waals surface area contributed by atoms with E-state index >= 15 is 0 Å². The van der Waals surface area contributed by atoms with Crippen molar-refractivity contribution in [1.82, 2.24) is 30.5 Å². The summed E-state index contributed by atoms with van der Waals surface area (Å²) in [7, 11) is 0. The number of nitrogens with zero attached hydrogens (tertiary/aromatic N) is 4. The summed E-state index contributed by atoms with van der Waals surface area (Å²) < 4.78 is 0. The highest BCUT2D eigenvalue weighted by Gasteiger charge is 2.22. The van der Waals surface area contributed by atoms with Crippen molar-refractivity contribution in [2.24, 2.45) is 0 Å². The molecule has 11 heteroatoms. The van der Waals surface area contributed by atoms with Crippen LogP contribution in [0.5, 0.6) is 0 Å². The van der Waals surface area contributed by atoms with Gasteiger partial charge in [-0.05, 0) is 18.9 Å². The van der Waals surface area contributed by atoms with Gasteiger partial charge in [0.05, 0.1) is 23.9 Å². The summed E-state index contributed by atoms with van der Waals surface area (Å²) in [5.74, 6) is 0.0180. The number of hydrogen-bond acceptors (Lipinski definition) is 8. The van der Waals surface area contributed by atoms with Crippen LogP contribution in [0.4, 0.5) is 5.82 Å². The van der Waals surface area contributed by atoms with Crippen LogP contribution in [0, 0.1) is 11.3 Å². The first-order chi connectivity index (χ1) is 15.5. The summed E-state index contributed by atoms with van der Waals surface area (Å²) in [6.45, 7) is 5.44. The Kier molecular flexibility index (Phi) is 7.88. The zero-order chi connectivity index (χ0) is 22.9. The number of aromatic nitrogens is 3. The molecule has 2 aromatic rings. The highest BCUT2D eigenvalue weighted by Crippen LogP contribution is 2.19. The molecule has 0 aromatic carbocycles. The van der Waals surface area contributed by atoms with Gasteiger partial charge in [-0.15, -0.1) is 0 Å². The smallest absolute Gasteiger partial charge is 0.255 e. The summed E-state index contributed by atoms with van der Waals surface area (Å²) >= 11 is 0. The van der Waals surface area contributed by atoms with Gasteiger partial charge < -0.3 is 30.6 Å². The molecule has 1 saturated heterocycles. The van der Waals surface area contributed by atoms with Crippen molar-refractivity contribution < 1.29 is 14.4 Å². The van der Waals surface area contributed by atoms with Gasteiger partial charge in [0.25, 0.3) is 5.91 Å². The van der Waals surface area contributed by atoms with E-state index in [1.807, 2.05) is 6.07 Å². The Balaban J connectivity index is 1.63. The number of amides is 2. The van der Waals surface area contributed by atoms with E-state index in [2.05, 4.69) is 37.5 Å². The van der Waals surface area contributed by atoms with E-state index in [9.17, 15) is 14.4 Å². The number of fused-ring (bicyclic) bond motifs is 1. The molecule has 168 valence electrons. The number of carbonyl (C=O) groups excluding carboxylic acids is 3. The van der Waals surface area contributed by atoms with Crippen LogP contribution in [0.1, 0.15) is 29.6 Å². The number of nitriles is 1. The van der Waals surface area contributed by atoms with Gasteiger partial charge in [-0.25, -0.2) is 9.97 Å². The van der Waals surface area contributed by atoms with Crippen molar-refractivity contribution in [3.8, 4) is 6.07 Å². The van der Waals surface area contributed by atoms with Crippen molar-refractivity contribution in [3.63, 3.8) is 0 Å². The molecule has 3 rings (SSSR count).